The number of aliphatic imine (C=N–C) groups is 1. The second kappa shape index (κ2) is 29.7. The van der Waals surface area contributed by atoms with E-state index in [0.29, 0.717) is 17.5 Å². The van der Waals surface area contributed by atoms with Crippen LogP contribution in [0.1, 0.15) is 83.8 Å². The number of nitrogens with zero attached hydrogens (tertiary/aromatic N) is 2. The van der Waals surface area contributed by atoms with E-state index in [1.165, 1.54) is 12.1 Å². The summed E-state index contributed by atoms with van der Waals surface area (Å²) in [5.74, 6) is -9.96. The number of phenolic OH excluding ortho intramolecular Hbond substituents is 1. The number of carboxylic acids is 2. The van der Waals surface area contributed by atoms with Crippen LogP contribution < -0.4 is 49.5 Å². The Morgan fingerprint density at radius 2 is 1.15 bits per heavy atom. The van der Waals surface area contributed by atoms with Crippen LogP contribution in [0.4, 0.5) is 13.2 Å². The Hall–Kier alpha value is -7.51. The van der Waals surface area contributed by atoms with Gasteiger partial charge in [0.15, 0.2) is 5.96 Å². The van der Waals surface area contributed by atoms with Crippen molar-refractivity contribution in [3.63, 3.8) is 0 Å². The lowest BCUT2D eigenvalue weighted by Gasteiger charge is -2.29. The van der Waals surface area contributed by atoms with Crippen molar-refractivity contribution in [1.29, 1.82) is 0 Å². The van der Waals surface area contributed by atoms with Crippen LogP contribution in [-0.2, 0) is 56.0 Å². The topological polar surface area (TPSA) is 394 Å². The molecule has 0 aliphatic carbocycles. The number of halogens is 3. The molecule has 1 aliphatic heterocycles. The standard InChI is InChI=1S/C45H67N11O10.C2HF3O2/c1-25(2)20-32(40(61)51-31(12-8-18-50-45(48)49)39(60)55-35(24-37(47)58)43(64)56-19-9-13-36(56)44(65)66)53-41(62)33(21-26(3)4)54-42(63)34(23-27-10-6-5-7-11-27)52-38(59)30(46)22-28-14-16-29(57)17-15-28;3-2(4,5)1(6)7/h5-7,10-11,14-17,25-26,30-36,57H,8-9,12-13,18-24,46H2,1-4H3,(H2,47,58)(H,51,61)(H,52,59)(H,53,62)(H,54,63)(H,55,60)(H,65,66)(H4,48,49,50);(H,6,7)/t30-,31-,32-,33-,34-,35-,36-;/m0./s1. The Bertz CT molecular complexity index is 2230. The van der Waals surface area contributed by atoms with Gasteiger partial charge in [-0.15, -0.1) is 0 Å². The van der Waals surface area contributed by atoms with Gasteiger partial charge < -0.3 is 69.7 Å². The zero-order valence-corrected chi connectivity index (χ0v) is 41.0. The molecule has 0 aromatic heterocycles. The van der Waals surface area contributed by atoms with Gasteiger partial charge in [-0.2, -0.15) is 13.2 Å². The minimum atomic E-state index is -5.08. The lowest BCUT2D eigenvalue weighted by atomic mass is 9.98. The van der Waals surface area contributed by atoms with Crippen LogP contribution in [0.15, 0.2) is 59.6 Å². The fraction of sp³-hybridized carbons (Fsp3) is 0.532. The Balaban J connectivity index is 0.00000242. The fourth-order valence-corrected chi connectivity index (χ4v) is 7.47. The summed E-state index contributed by atoms with van der Waals surface area (Å²) in [5.41, 5.74) is 24.0. The predicted molar refractivity (Wildman–Crippen MR) is 258 cm³/mol. The van der Waals surface area contributed by atoms with Gasteiger partial charge in [-0.1, -0.05) is 70.2 Å². The highest BCUT2D eigenvalue weighted by Crippen LogP contribution is 2.20. The Morgan fingerprint density at radius 1 is 0.685 bits per heavy atom. The molecule has 7 amide bonds. The second-order valence-corrected chi connectivity index (χ2v) is 18.2. The smallest absolute Gasteiger partial charge is 0.490 e. The first-order chi connectivity index (χ1) is 34.1. The Kier molecular flexibility index (Phi) is 25.1. The van der Waals surface area contributed by atoms with Crippen molar-refractivity contribution in [1.82, 2.24) is 31.5 Å². The van der Waals surface area contributed by atoms with Crippen molar-refractivity contribution < 1.29 is 71.6 Å². The summed E-state index contributed by atoms with van der Waals surface area (Å²) in [4.78, 5) is 121. The number of likely N-dealkylation sites (tertiary alicyclic amines) is 1. The zero-order chi connectivity index (χ0) is 55.2. The summed E-state index contributed by atoms with van der Waals surface area (Å²) in [6, 6.07) is 6.34. The third-order valence-corrected chi connectivity index (χ3v) is 11.0. The third kappa shape index (κ3) is 22.6. The molecule has 1 fully saturated rings. The lowest BCUT2D eigenvalue weighted by Crippen LogP contribution is -2.60. The molecule has 0 radical (unpaired) electrons. The molecular formula is C47H68F3N11O12. The molecule has 7 atom stereocenters. The number of rotatable bonds is 26. The summed E-state index contributed by atoms with van der Waals surface area (Å²) < 4.78 is 31.7. The third-order valence-electron chi connectivity index (χ3n) is 11.0. The molecule has 3 rings (SSSR count). The number of alkyl halides is 3. The summed E-state index contributed by atoms with van der Waals surface area (Å²) >= 11 is 0. The molecule has 1 saturated heterocycles. The minimum Gasteiger partial charge on any atom is -0.508 e. The maximum atomic E-state index is 14.2. The first kappa shape index (κ1) is 61.6. The number of hydrogen-bond acceptors (Lipinski definition) is 12. The van der Waals surface area contributed by atoms with Gasteiger partial charge >= 0.3 is 18.1 Å². The number of phenols is 1. The van der Waals surface area contributed by atoms with Crippen LogP contribution >= 0.6 is 0 Å². The Morgan fingerprint density at radius 3 is 1.63 bits per heavy atom. The van der Waals surface area contributed by atoms with E-state index in [4.69, 9.17) is 32.8 Å². The SMILES string of the molecule is CC(C)C[C@H](NC(=O)[C@H](CC(C)C)NC(=O)[C@H](Cc1ccccc1)NC(=O)[C@@H](N)Cc1ccc(O)cc1)C(=O)N[C@@H](CCCN=C(N)N)C(=O)N[C@@H](CC(N)=O)C(=O)N1CCC[C@H]1C(=O)O.O=C(O)C(F)(F)F. The highest BCUT2D eigenvalue weighted by atomic mass is 19.4. The van der Waals surface area contributed by atoms with Crippen LogP contribution in [0.2, 0.25) is 0 Å². The van der Waals surface area contributed by atoms with Crippen LogP contribution in [0.3, 0.4) is 0 Å². The molecule has 2 aromatic rings. The average Bonchev–Trinajstić information content (AvgIpc) is 3.80. The number of carbonyl (C=O) groups is 9. The van der Waals surface area contributed by atoms with Crippen molar-refractivity contribution in [3.8, 4) is 5.75 Å². The first-order valence-corrected chi connectivity index (χ1v) is 23.4. The number of primary amides is 1. The predicted octanol–water partition coefficient (Wildman–Crippen LogP) is -0.341. The number of amides is 7. The van der Waals surface area contributed by atoms with Gasteiger partial charge in [0, 0.05) is 19.5 Å². The average molecular weight is 1040 g/mol. The van der Waals surface area contributed by atoms with E-state index < -0.39 is 108 Å². The molecule has 0 bridgehead atoms. The summed E-state index contributed by atoms with van der Waals surface area (Å²) in [6.45, 7) is 7.43. The van der Waals surface area contributed by atoms with Crippen LogP contribution in [0.25, 0.3) is 0 Å². The molecule has 404 valence electrons. The molecule has 16 N–H and O–H groups in total. The molecule has 26 heteroatoms. The molecule has 0 saturated carbocycles. The molecule has 23 nitrogen and oxygen atoms in total. The molecule has 1 aliphatic rings. The largest absolute Gasteiger partial charge is 0.508 e. The van der Waals surface area contributed by atoms with Crippen LogP contribution in [0.5, 0.6) is 5.75 Å². The number of hydrogen-bond donors (Lipinski definition) is 12. The zero-order valence-electron chi connectivity index (χ0n) is 41.0. The van der Waals surface area contributed by atoms with Crippen molar-refractivity contribution in [3.05, 3.63) is 65.7 Å². The van der Waals surface area contributed by atoms with Crippen molar-refractivity contribution >= 4 is 59.2 Å². The van der Waals surface area contributed by atoms with E-state index >= 15 is 0 Å². The highest BCUT2D eigenvalue weighted by molar-refractivity contribution is 5.98. The van der Waals surface area contributed by atoms with Gasteiger partial charge in [-0.25, -0.2) is 9.59 Å². The summed E-state index contributed by atoms with van der Waals surface area (Å²) in [7, 11) is 0. The summed E-state index contributed by atoms with van der Waals surface area (Å²) in [6.07, 6.45) is -4.72. The van der Waals surface area contributed by atoms with E-state index in [-0.39, 0.29) is 81.6 Å². The van der Waals surface area contributed by atoms with E-state index in [2.05, 4.69) is 31.6 Å². The number of guanidine groups is 1. The number of nitrogens with two attached hydrogens (primary N) is 4. The Labute approximate surface area is 419 Å². The number of carbonyl (C=O) groups excluding carboxylic acids is 7. The summed E-state index contributed by atoms with van der Waals surface area (Å²) in [5, 5.41) is 39.8. The lowest BCUT2D eigenvalue weighted by molar-refractivity contribution is -0.192. The number of aromatic hydroxyl groups is 1. The number of nitrogens with one attached hydrogen (secondary N) is 5. The fourth-order valence-electron chi connectivity index (χ4n) is 7.47. The quantitative estimate of drug-likeness (QED) is 0.0326. The van der Waals surface area contributed by atoms with Gasteiger partial charge in [-0.05, 0) is 80.0 Å². The number of benzene rings is 2. The molecule has 1 heterocycles. The molecular weight excluding hydrogens is 968 g/mol. The molecule has 73 heavy (non-hydrogen) atoms. The van der Waals surface area contributed by atoms with Gasteiger partial charge in [0.2, 0.25) is 41.4 Å². The van der Waals surface area contributed by atoms with Gasteiger partial charge in [0.1, 0.15) is 42.0 Å². The van der Waals surface area contributed by atoms with Crippen LogP contribution in [-0.4, -0.2) is 141 Å². The maximum Gasteiger partial charge on any atom is 0.490 e. The van der Waals surface area contributed by atoms with Gasteiger partial charge in [0.25, 0.3) is 0 Å². The van der Waals surface area contributed by atoms with E-state index in [9.17, 15) is 61.7 Å². The maximum absolute atomic E-state index is 14.2. The van der Waals surface area contributed by atoms with Crippen molar-refractivity contribution in [2.45, 2.75) is 134 Å². The van der Waals surface area contributed by atoms with Crippen molar-refractivity contribution in [2.24, 2.45) is 39.8 Å². The second-order valence-electron chi connectivity index (χ2n) is 18.2. The highest BCUT2D eigenvalue weighted by Gasteiger charge is 2.40. The molecule has 0 unspecified atom stereocenters. The van der Waals surface area contributed by atoms with Gasteiger partial charge in [0.05, 0.1) is 12.5 Å². The van der Waals surface area contributed by atoms with E-state index in [1.54, 1.807) is 42.5 Å². The van der Waals surface area contributed by atoms with Crippen molar-refractivity contribution in [2.75, 3.05) is 13.1 Å². The van der Waals surface area contributed by atoms with Crippen LogP contribution in [0, 0.1) is 11.8 Å². The minimum absolute atomic E-state index is 0.0497. The number of aliphatic carboxylic acids is 2. The number of carboxylic acid groups (broad SMARTS) is 2. The normalized spacial score (nSPS) is 15.7. The molecule has 0 spiro atoms. The monoisotopic (exact) mass is 1040 g/mol. The first-order valence-electron chi connectivity index (χ1n) is 23.4. The van der Waals surface area contributed by atoms with Gasteiger partial charge in [-0.3, -0.25) is 38.6 Å². The van der Waals surface area contributed by atoms with E-state index in [0.717, 1.165) is 4.90 Å². The van der Waals surface area contributed by atoms with E-state index in [1.807, 2.05) is 27.7 Å². The molecule has 2 aromatic carbocycles.